The lowest BCUT2D eigenvalue weighted by Gasteiger charge is -2.51. The summed E-state index contributed by atoms with van der Waals surface area (Å²) in [7, 11) is -5.79. The minimum Gasteiger partial charge on any atom is -0.394 e. The Morgan fingerprint density at radius 1 is 0.360 bits per heavy atom. The topological polar surface area (TPSA) is 515 Å². The van der Waals surface area contributed by atoms with Crippen molar-refractivity contribution in [3.05, 3.63) is 0 Å². The Labute approximate surface area is 423 Å². The van der Waals surface area contributed by atoms with Gasteiger partial charge in [0.05, 0.1) is 39.6 Å². The van der Waals surface area contributed by atoms with Gasteiger partial charge >= 0.3 is 10.4 Å². The molecule has 12 bridgehead atoms. The molecule has 0 amide bonds. The number of fused-ring (bicyclic) bond motifs is 5. The number of hydrogen-bond acceptors (Lipinski definition) is 35. The van der Waals surface area contributed by atoms with E-state index in [1.165, 1.54) is 6.92 Å². The number of rotatable bonds is 9. The first-order valence-electron chi connectivity index (χ1n) is 23.6. The van der Waals surface area contributed by atoms with E-state index < -0.39 is 241 Å². The van der Waals surface area contributed by atoms with E-state index in [1.54, 1.807) is 0 Å². The standard InChI is InChI=1S/C39H64O35S/c1-2-15(46)64-31-22(53)37-61-12(6-43)28(31)68-39-24(55)33-29(13(7-44)63-39)69-36-21(52)18(49)26(10(4-41)60-36)66-34-19(50)16(47)25(9(3-40)58-34)65-35-20(51)17(48)27(11(5-42)59-35)67-38-23(54)32(30(70-37)14(8-45)62-38)71-73-75(56,57)74-72-33/h9-55H,2-8H2,1H3/t9-,10-,11-,12-,13-,14-,15?,16-,17-,18-,19-,20-,21-,22-,23-,24-,25-,26-,27-,28+,29+,30+,31-,32-,33-,34-,35-,36-,37-,38-,39-/m1/s1. The van der Waals surface area contributed by atoms with Crippen molar-refractivity contribution in [1.29, 1.82) is 0 Å². The minimum atomic E-state index is -5.79. The zero-order chi connectivity index (χ0) is 54.4. The second-order valence-corrected chi connectivity index (χ2v) is 19.6. The molecule has 0 aromatic heterocycles. The average Bonchev–Trinajstić information content (AvgIpc) is 3.39. The summed E-state index contributed by atoms with van der Waals surface area (Å²) in [6, 6.07) is 0. The van der Waals surface area contributed by atoms with Gasteiger partial charge in [-0.2, -0.15) is 8.42 Å². The number of aliphatic hydroxyl groups excluding tert-OH is 16. The van der Waals surface area contributed by atoms with Crippen LogP contribution in [0.25, 0.3) is 0 Å². The Balaban J connectivity index is 1.23. The van der Waals surface area contributed by atoms with E-state index in [4.69, 9.17) is 71.4 Å². The summed E-state index contributed by atoms with van der Waals surface area (Å²) < 4.78 is 112. The van der Waals surface area contributed by atoms with E-state index in [2.05, 4.69) is 8.67 Å². The highest BCUT2D eigenvalue weighted by molar-refractivity contribution is 7.81. The Bertz CT molecular complexity index is 1910. The van der Waals surface area contributed by atoms with Crippen LogP contribution in [0.5, 0.6) is 0 Å². The van der Waals surface area contributed by atoms with Crippen LogP contribution in [0.4, 0.5) is 0 Å². The SMILES string of the molecule is CCC(O)O[C@@H]1[C@@H](O)[C@H]2O[C@@H]3[C@@H]4OOS(=O)(=O)OO[C@@H]5[C@@H](O)[C@@H](O[C@H]1[C@@H](CO)O2)O[C@H](CO)[C@@H]5O[C@H]1O[C@H](CO)[C@@H](O[C@H]2O[C@H](CO)[C@@H](O[C@H]5O[C@H](CO)[C@@H](O[C@@H](O[C@@H]3CO)[C@@H]4O)[C@H](O)[C@H]5O)[C@H](O)[C@H]2O)[C@H](O)[C@H]1O. The van der Waals surface area contributed by atoms with Crippen LogP contribution in [0.15, 0.2) is 0 Å². The molecule has 0 aromatic carbocycles. The summed E-state index contributed by atoms with van der Waals surface area (Å²) in [5.41, 5.74) is 0. The summed E-state index contributed by atoms with van der Waals surface area (Å²) in [4.78, 5) is 10.3. The zero-order valence-corrected chi connectivity index (χ0v) is 40.0. The maximum absolute atomic E-state index is 13.5. The lowest BCUT2D eigenvalue weighted by molar-refractivity contribution is -0.432. The third kappa shape index (κ3) is 12.2. The molecule has 16 N–H and O–H groups in total. The van der Waals surface area contributed by atoms with Crippen LogP contribution in [0.3, 0.4) is 0 Å². The van der Waals surface area contributed by atoms with Gasteiger partial charge in [-0.15, -0.1) is 0 Å². The molecule has 0 saturated carbocycles. The Hall–Kier alpha value is -1.37. The first-order chi connectivity index (χ1) is 35.7. The smallest absolute Gasteiger partial charge is 0.394 e. The van der Waals surface area contributed by atoms with Crippen molar-refractivity contribution in [2.24, 2.45) is 0 Å². The predicted molar refractivity (Wildman–Crippen MR) is 220 cm³/mol. The maximum atomic E-state index is 13.5. The zero-order valence-electron chi connectivity index (χ0n) is 39.2. The van der Waals surface area contributed by atoms with Crippen LogP contribution in [-0.2, 0) is 90.4 Å². The lowest BCUT2D eigenvalue weighted by atomic mass is 9.94. The third-order valence-corrected chi connectivity index (χ3v) is 14.2. The van der Waals surface area contributed by atoms with Gasteiger partial charge in [-0.25, -0.2) is 9.78 Å². The van der Waals surface area contributed by atoms with Crippen molar-refractivity contribution >= 4 is 10.4 Å². The fourth-order valence-electron chi connectivity index (χ4n) is 9.73. The molecular weight excluding hydrogens is 1060 g/mol. The molecule has 1 unspecified atom stereocenters. The first kappa shape index (κ1) is 59.7. The van der Waals surface area contributed by atoms with Crippen LogP contribution < -0.4 is 0 Å². The summed E-state index contributed by atoms with van der Waals surface area (Å²) in [5, 5.41) is 178. The van der Waals surface area contributed by atoms with E-state index in [1.807, 2.05) is 0 Å². The van der Waals surface area contributed by atoms with Gasteiger partial charge in [-0.3, -0.25) is 0 Å². The van der Waals surface area contributed by atoms with Gasteiger partial charge in [0.15, 0.2) is 56.2 Å². The molecule has 12 rings (SSSR count). The van der Waals surface area contributed by atoms with E-state index >= 15 is 0 Å². The Kier molecular flexibility index (Phi) is 20.1. The minimum absolute atomic E-state index is 0.146. The molecule has 0 aliphatic carbocycles. The molecule has 12 fully saturated rings. The molecule has 36 heteroatoms. The second kappa shape index (κ2) is 25.2. The second-order valence-electron chi connectivity index (χ2n) is 18.5. The number of ether oxygens (including phenoxy) is 13. The van der Waals surface area contributed by atoms with Crippen molar-refractivity contribution in [1.82, 2.24) is 0 Å². The van der Waals surface area contributed by atoms with Gasteiger partial charge in [-0.1, -0.05) is 15.6 Å². The predicted octanol–water partition coefficient (Wildman–Crippen LogP) is -12.1. The molecule has 436 valence electrons. The van der Waals surface area contributed by atoms with Gasteiger partial charge in [0, 0.05) is 0 Å². The highest BCUT2D eigenvalue weighted by atomic mass is 32.3. The van der Waals surface area contributed by atoms with Crippen molar-refractivity contribution in [2.45, 2.75) is 204 Å². The van der Waals surface area contributed by atoms with Gasteiger partial charge in [0.25, 0.3) is 0 Å². The average molecular weight is 1120 g/mol. The summed E-state index contributed by atoms with van der Waals surface area (Å²) >= 11 is 0. The summed E-state index contributed by atoms with van der Waals surface area (Å²) in [6.07, 6.45) is -64.6. The van der Waals surface area contributed by atoms with Crippen molar-refractivity contribution in [3.63, 3.8) is 0 Å². The van der Waals surface area contributed by atoms with Crippen LogP contribution in [0, 0.1) is 0 Å². The van der Waals surface area contributed by atoms with Crippen molar-refractivity contribution in [2.75, 3.05) is 39.6 Å². The van der Waals surface area contributed by atoms with E-state index in [9.17, 15) is 90.1 Å². The van der Waals surface area contributed by atoms with Crippen LogP contribution in [-0.4, -0.2) is 320 Å². The van der Waals surface area contributed by atoms with E-state index in [0.717, 1.165) is 0 Å². The first-order valence-corrected chi connectivity index (χ1v) is 25.0. The van der Waals surface area contributed by atoms with Crippen molar-refractivity contribution in [3.8, 4) is 0 Å². The summed E-state index contributed by atoms with van der Waals surface area (Å²) in [5.74, 6) is 0. The molecule has 0 radical (unpaired) electrons. The Morgan fingerprint density at radius 2 is 0.627 bits per heavy atom. The maximum Gasteiger partial charge on any atom is 0.453 e. The monoisotopic (exact) mass is 1120 g/mol. The number of hydrogen-bond donors (Lipinski definition) is 16. The fourth-order valence-corrected chi connectivity index (χ4v) is 10.1. The molecule has 12 saturated heterocycles. The highest BCUT2D eigenvalue weighted by Crippen LogP contribution is 2.40. The third-order valence-electron chi connectivity index (χ3n) is 13.7. The molecule has 0 aromatic rings. The van der Waals surface area contributed by atoms with Gasteiger partial charge in [-0.05, 0) is 6.42 Å². The van der Waals surface area contributed by atoms with Gasteiger partial charge < -0.3 is 143 Å². The molecule has 0 spiro atoms. The highest BCUT2D eigenvalue weighted by Gasteiger charge is 2.60. The molecule has 31 atom stereocenters. The molecule has 75 heavy (non-hydrogen) atoms. The van der Waals surface area contributed by atoms with Crippen LogP contribution >= 0.6 is 0 Å². The molecule has 12 aliphatic rings. The van der Waals surface area contributed by atoms with Crippen LogP contribution in [0.1, 0.15) is 13.3 Å². The molecule has 12 heterocycles. The lowest BCUT2D eigenvalue weighted by Crippen LogP contribution is -2.69. The van der Waals surface area contributed by atoms with Gasteiger partial charge in [0.2, 0.25) is 0 Å². The fraction of sp³-hybridized carbons (Fsp3) is 1.00. The van der Waals surface area contributed by atoms with Crippen molar-refractivity contribution < 1.29 is 170 Å². The van der Waals surface area contributed by atoms with E-state index in [-0.39, 0.29) is 6.42 Å². The molecule has 12 aliphatic heterocycles. The van der Waals surface area contributed by atoms with Crippen LogP contribution in [0.2, 0.25) is 0 Å². The summed E-state index contributed by atoms with van der Waals surface area (Å²) in [6.45, 7) is -5.16. The Morgan fingerprint density at radius 3 is 0.947 bits per heavy atom. The largest absolute Gasteiger partial charge is 0.453 e. The van der Waals surface area contributed by atoms with E-state index in [0.29, 0.717) is 0 Å². The molecular formula is C39H64O35S. The number of aliphatic hydroxyl groups is 16. The molecule has 35 nitrogen and oxygen atoms in total. The normalized spacial score (nSPS) is 52.3. The van der Waals surface area contributed by atoms with Gasteiger partial charge in [0.1, 0.15) is 134 Å². The quantitative estimate of drug-likeness (QED) is 0.0753.